The number of halogens is 3. The number of hydrogen-bond donors (Lipinski definition) is 0. The van der Waals surface area contributed by atoms with Gasteiger partial charge in [-0.15, -0.1) is 0 Å². The van der Waals surface area contributed by atoms with Crippen molar-refractivity contribution in [2.24, 2.45) is 0 Å². The Bertz CT molecular complexity index is 233. The average molecular weight is 331 g/mol. The highest BCUT2D eigenvalue weighted by Crippen LogP contribution is 2.29. The van der Waals surface area contributed by atoms with Crippen molar-refractivity contribution < 1.29 is 0 Å². The summed E-state index contributed by atoms with van der Waals surface area (Å²) in [5.41, 5.74) is 1.17. The second kappa shape index (κ2) is 3.41. The van der Waals surface area contributed by atoms with Crippen molar-refractivity contribution in [1.29, 1.82) is 0 Å². The van der Waals surface area contributed by atoms with Crippen molar-refractivity contribution in [1.82, 2.24) is 0 Å². The van der Waals surface area contributed by atoms with E-state index in [0.717, 1.165) is 13.1 Å². The van der Waals surface area contributed by atoms with Crippen molar-refractivity contribution in [3.05, 3.63) is 30.8 Å². The molecule has 0 bridgehead atoms. The van der Waals surface area contributed by atoms with Gasteiger partial charge in [0.25, 0.3) is 0 Å². The lowest BCUT2D eigenvalue weighted by Gasteiger charge is -2.01. The van der Waals surface area contributed by atoms with E-state index in [1.165, 1.54) is 5.56 Å². The summed E-state index contributed by atoms with van der Waals surface area (Å²) in [6.45, 7) is 2.02. The third-order valence-electron chi connectivity index (χ3n) is 1.23. The van der Waals surface area contributed by atoms with Crippen LogP contribution >= 0.6 is 50.1 Å². The second-order valence-corrected chi connectivity index (χ2v) is 4.33. The van der Waals surface area contributed by atoms with Crippen LogP contribution < -0.4 is 0 Å². The molecule has 0 spiro atoms. The molecule has 1 rings (SSSR count). The predicted octanol–water partition coefficient (Wildman–Crippen LogP) is 4.02. The lowest BCUT2D eigenvalue weighted by Crippen LogP contribution is -1.79. The van der Waals surface area contributed by atoms with E-state index in [4.69, 9.17) is 11.6 Å². The van der Waals surface area contributed by atoms with Crippen molar-refractivity contribution in [3.63, 3.8) is 0 Å². The van der Waals surface area contributed by atoms with Gasteiger partial charge in [-0.05, 0) is 57.1 Å². The molecule has 0 aromatic heterocycles. The highest BCUT2D eigenvalue weighted by Gasteiger charge is 2.02. The SMILES string of the molecule is Cc1ccc(I)c(Cl)c1Br. The Morgan fingerprint density at radius 1 is 1.50 bits per heavy atom. The minimum Gasteiger partial charge on any atom is -0.0819 e. The molecular formula is C7H5BrClI. The van der Waals surface area contributed by atoms with Crippen molar-refractivity contribution in [3.8, 4) is 0 Å². The van der Waals surface area contributed by atoms with Crippen LogP contribution in [0.1, 0.15) is 5.56 Å². The molecule has 0 saturated carbocycles. The van der Waals surface area contributed by atoms with Gasteiger partial charge in [-0.2, -0.15) is 0 Å². The van der Waals surface area contributed by atoms with Gasteiger partial charge in [0.15, 0.2) is 0 Å². The normalized spacial score (nSPS) is 10.0. The average Bonchev–Trinajstić information content (AvgIpc) is 1.93. The maximum absolute atomic E-state index is 5.93. The number of hydrogen-bond acceptors (Lipinski definition) is 0. The number of aryl methyl sites for hydroxylation is 1. The Morgan fingerprint density at radius 2 is 2.10 bits per heavy atom. The van der Waals surface area contributed by atoms with Gasteiger partial charge in [-0.3, -0.25) is 0 Å². The molecule has 0 unspecified atom stereocenters. The van der Waals surface area contributed by atoms with Crippen LogP contribution in [0.2, 0.25) is 5.02 Å². The highest BCUT2D eigenvalue weighted by molar-refractivity contribution is 14.1. The minimum absolute atomic E-state index is 0.806. The fraction of sp³-hybridized carbons (Fsp3) is 0.143. The molecule has 0 N–H and O–H groups in total. The summed E-state index contributed by atoms with van der Waals surface area (Å²) in [6.07, 6.45) is 0. The van der Waals surface area contributed by atoms with Gasteiger partial charge in [0, 0.05) is 8.04 Å². The van der Waals surface area contributed by atoms with Crippen molar-refractivity contribution in [2.75, 3.05) is 0 Å². The maximum Gasteiger partial charge on any atom is 0.0684 e. The Morgan fingerprint density at radius 3 is 2.60 bits per heavy atom. The molecule has 0 aliphatic rings. The van der Waals surface area contributed by atoms with Gasteiger partial charge < -0.3 is 0 Å². The summed E-state index contributed by atoms with van der Waals surface area (Å²) in [7, 11) is 0. The lowest BCUT2D eigenvalue weighted by atomic mass is 10.2. The van der Waals surface area contributed by atoms with Gasteiger partial charge in [-0.1, -0.05) is 17.7 Å². The van der Waals surface area contributed by atoms with Gasteiger partial charge in [-0.25, -0.2) is 0 Å². The first-order valence-electron chi connectivity index (χ1n) is 2.73. The highest BCUT2D eigenvalue weighted by atomic mass is 127. The van der Waals surface area contributed by atoms with E-state index in [1.807, 2.05) is 19.1 Å². The summed E-state index contributed by atoms with van der Waals surface area (Å²) in [5.74, 6) is 0. The molecule has 1 aromatic carbocycles. The zero-order chi connectivity index (χ0) is 7.72. The van der Waals surface area contributed by atoms with Crippen LogP contribution in [0.25, 0.3) is 0 Å². The first kappa shape index (κ1) is 8.81. The van der Waals surface area contributed by atoms with E-state index < -0.39 is 0 Å². The topological polar surface area (TPSA) is 0 Å². The standard InChI is InChI=1S/C7H5BrClI/c1-4-2-3-5(10)7(9)6(4)8/h2-3H,1H3. The first-order chi connectivity index (χ1) is 4.63. The Balaban J connectivity index is 3.34. The van der Waals surface area contributed by atoms with Gasteiger partial charge in [0.2, 0.25) is 0 Å². The molecule has 0 atom stereocenters. The lowest BCUT2D eigenvalue weighted by molar-refractivity contribution is 1.41. The van der Waals surface area contributed by atoms with Crippen LogP contribution in [0, 0.1) is 10.5 Å². The molecule has 10 heavy (non-hydrogen) atoms. The first-order valence-corrected chi connectivity index (χ1v) is 4.98. The third kappa shape index (κ3) is 1.66. The van der Waals surface area contributed by atoms with Crippen molar-refractivity contribution >= 4 is 50.1 Å². The molecule has 3 heteroatoms. The molecule has 0 fully saturated rings. The summed E-state index contributed by atoms with van der Waals surface area (Å²) in [4.78, 5) is 0. The van der Waals surface area contributed by atoms with Crippen LogP contribution in [-0.4, -0.2) is 0 Å². The molecule has 0 heterocycles. The van der Waals surface area contributed by atoms with E-state index in [2.05, 4.69) is 38.5 Å². The molecule has 0 aliphatic carbocycles. The Kier molecular flexibility index (Phi) is 3.01. The molecule has 54 valence electrons. The zero-order valence-electron chi connectivity index (χ0n) is 5.29. The van der Waals surface area contributed by atoms with E-state index in [0.29, 0.717) is 0 Å². The summed E-state index contributed by atoms with van der Waals surface area (Å²) in [5, 5.41) is 0.806. The number of benzene rings is 1. The van der Waals surface area contributed by atoms with E-state index in [-0.39, 0.29) is 0 Å². The molecule has 0 amide bonds. The number of rotatable bonds is 0. The second-order valence-electron chi connectivity index (χ2n) is 1.99. The summed E-state index contributed by atoms with van der Waals surface area (Å²) in [6, 6.07) is 4.04. The van der Waals surface area contributed by atoms with Gasteiger partial charge in [0.05, 0.1) is 5.02 Å². The molecular weight excluding hydrogens is 326 g/mol. The monoisotopic (exact) mass is 330 g/mol. The van der Waals surface area contributed by atoms with Gasteiger partial charge in [0.1, 0.15) is 0 Å². The third-order valence-corrected chi connectivity index (χ3v) is 4.09. The van der Waals surface area contributed by atoms with Crippen LogP contribution in [0.15, 0.2) is 16.6 Å². The fourth-order valence-electron chi connectivity index (χ4n) is 0.622. The van der Waals surface area contributed by atoms with Crippen molar-refractivity contribution in [2.45, 2.75) is 6.92 Å². The van der Waals surface area contributed by atoms with Crippen LogP contribution in [-0.2, 0) is 0 Å². The minimum atomic E-state index is 0.806. The molecule has 0 radical (unpaired) electrons. The zero-order valence-corrected chi connectivity index (χ0v) is 9.79. The fourth-order valence-corrected chi connectivity index (χ4v) is 2.00. The van der Waals surface area contributed by atoms with E-state index in [9.17, 15) is 0 Å². The molecule has 0 nitrogen and oxygen atoms in total. The van der Waals surface area contributed by atoms with Crippen LogP contribution in [0.3, 0.4) is 0 Å². The Hall–Kier alpha value is 0.720. The summed E-state index contributed by atoms with van der Waals surface area (Å²) >= 11 is 11.5. The smallest absolute Gasteiger partial charge is 0.0684 e. The van der Waals surface area contributed by atoms with Crippen LogP contribution in [0.5, 0.6) is 0 Å². The largest absolute Gasteiger partial charge is 0.0819 e. The molecule has 0 aliphatic heterocycles. The van der Waals surface area contributed by atoms with E-state index in [1.54, 1.807) is 0 Å². The maximum atomic E-state index is 5.93. The molecule has 0 saturated heterocycles. The Labute approximate surface area is 87.2 Å². The van der Waals surface area contributed by atoms with Gasteiger partial charge >= 0.3 is 0 Å². The quantitative estimate of drug-likeness (QED) is 0.498. The van der Waals surface area contributed by atoms with E-state index >= 15 is 0 Å². The summed E-state index contributed by atoms with van der Waals surface area (Å²) < 4.78 is 2.08. The van der Waals surface area contributed by atoms with Crippen LogP contribution in [0.4, 0.5) is 0 Å². The predicted molar refractivity (Wildman–Crippen MR) is 56.6 cm³/mol. The molecule has 1 aromatic rings.